The van der Waals surface area contributed by atoms with E-state index in [-0.39, 0.29) is 35.3 Å². The number of hydrogen-bond donors (Lipinski definition) is 2. The molecule has 2 unspecified atom stereocenters. The third-order valence-electron chi connectivity index (χ3n) is 7.81. The second kappa shape index (κ2) is 10.3. The summed E-state index contributed by atoms with van der Waals surface area (Å²) >= 11 is 4.85. The number of nitrogens with one attached hydrogen (secondary N) is 1. The number of imide groups is 1. The van der Waals surface area contributed by atoms with Gasteiger partial charge in [0.2, 0.25) is 11.8 Å². The molecule has 3 aromatic carbocycles. The van der Waals surface area contributed by atoms with Crippen molar-refractivity contribution in [1.82, 2.24) is 20.0 Å². The van der Waals surface area contributed by atoms with Crippen molar-refractivity contribution in [3.8, 4) is 0 Å². The molecule has 194 valence electrons. The largest absolute Gasteiger partial charge is 0.321 e. The van der Waals surface area contributed by atoms with Gasteiger partial charge in [0, 0.05) is 32.6 Å². The smallest absolute Gasteiger partial charge is 0.319 e. The van der Waals surface area contributed by atoms with E-state index in [1.165, 1.54) is 0 Å². The van der Waals surface area contributed by atoms with E-state index in [1.54, 1.807) is 0 Å². The predicted molar refractivity (Wildman–Crippen MR) is 147 cm³/mol. The first-order valence-electron chi connectivity index (χ1n) is 13.0. The van der Waals surface area contributed by atoms with E-state index >= 15 is 0 Å². The zero-order chi connectivity index (χ0) is 26.2. The minimum absolute atomic E-state index is 0.0239. The third kappa shape index (κ3) is 4.59. The maximum atomic E-state index is 13.7. The number of carbonyl (C=O) groups is 3. The Morgan fingerprint density at radius 1 is 0.895 bits per heavy atom. The van der Waals surface area contributed by atoms with E-state index in [9.17, 15) is 14.4 Å². The monoisotopic (exact) mass is 526 g/mol. The van der Waals surface area contributed by atoms with Crippen molar-refractivity contribution < 1.29 is 14.4 Å². The first-order valence-corrected chi connectivity index (χ1v) is 13.6. The van der Waals surface area contributed by atoms with Gasteiger partial charge in [-0.05, 0) is 34.2 Å². The number of hydrogen-bond acceptors (Lipinski definition) is 5. The molecule has 2 saturated heterocycles. The highest BCUT2D eigenvalue weighted by Crippen LogP contribution is 2.40. The summed E-state index contributed by atoms with van der Waals surface area (Å²) in [6.07, 6.45) is 0.847. The van der Waals surface area contributed by atoms with Gasteiger partial charge < -0.3 is 9.80 Å². The highest BCUT2D eigenvalue weighted by molar-refractivity contribution is 7.80. The summed E-state index contributed by atoms with van der Waals surface area (Å²) in [5.74, 6) is -0.463. The summed E-state index contributed by atoms with van der Waals surface area (Å²) in [4.78, 5) is 43.6. The van der Waals surface area contributed by atoms with Gasteiger partial charge in [0.1, 0.15) is 0 Å². The van der Waals surface area contributed by atoms with Crippen molar-refractivity contribution >= 4 is 30.5 Å². The molecule has 3 aliphatic heterocycles. The van der Waals surface area contributed by atoms with Gasteiger partial charge in [0.05, 0.1) is 17.5 Å². The number of nitrogens with zero attached hydrogens (tertiary/aromatic N) is 3. The van der Waals surface area contributed by atoms with Crippen LogP contribution in [0.4, 0.5) is 4.79 Å². The Kier molecular flexibility index (Phi) is 6.68. The molecule has 3 aliphatic rings. The van der Waals surface area contributed by atoms with Gasteiger partial charge >= 0.3 is 6.03 Å². The van der Waals surface area contributed by atoms with E-state index in [2.05, 4.69) is 47.8 Å². The molecule has 2 fully saturated rings. The summed E-state index contributed by atoms with van der Waals surface area (Å²) in [6.45, 7) is 2.43. The molecule has 0 aliphatic carbocycles. The maximum Gasteiger partial charge on any atom is 0.321 e. The molecular formula is C30H30N4O3S. The van der Waals surface area contributed by atoms with E-state index in [1.807, 2.05) is 51.1 Å². The molecule has 8 heteroatoms. The first-order chi connectivity index (χ1) is 18.5. The quantitative estimate of drug-likeness (QED) is 0.372. The second-order valence-corrected chi connectivity index (χ2v) is 10.7. The number of benzene rings is 3. The van der Waals surface area contributed by atoms with E-state index in [0.717, 1.165) is 27.8 Å². The molecule has 0 spiro atoms. The Hall–Kier alpha value is -3.62. The number of rotatable bonds is 6. The molecule has 3 heterocycles. The zero-order valence-corrected chi connectivity index (χ0v) is 21.9. The van der Waals surface area contributed by atoms with Crippen molar-refractivity contribution in [2.24, 2.45) is 0 Å². The summed E-state index contributed by atoms with van der Waals surface area (Å²) in [5, 5.41) is 2.22. The number of urea groups is 1. The molecule has 4 amide bonds. The Morgan fingerprint density at radius 3 is 2.24 bits per heavy atom. The number of carbonyl (C=O) groups excluding carboxylic acids is 3. The van der Waals surface area contributed by atoms with Gasteiger partial charge in [0.15, 0.2) is 0 Å². The van der Waals surface area contributed by atoms with Gasteiger partial charge in [-0.15, -0.1) is 0 Å². The fraction of sp³-hybridized carbons (Fsp3) is 0.300. The van der Waals surface area contributed by atoms with Gasteiger partial charge in [-0.1, -0.05) is 78.9 Å². The van der Waals surface area contributed by atoms with Gasteiger partial charge in [-0.3, -0.25) is 19.8 Å². The Bertz CT molecular complexity index is 1330. The molecule has 0 bridgehead atoms. The van der Waals surface area contributed by atoms with Gasteiger partial charge in [0.25, 0.3) is 0 Å². The summed E-state index contributed by atoms with van der Waals surface area (Å²) < 4.78 is 0. The lowest BCUT2D eigenvalue weighted by Gasteiger charge is -2.32. The Morgan fingerprint density at radius 2 is 1.58 bits per heavy atom. The van der Waals surface area contributed by atoms with Crippen molar-refractivity contribution in [2.45, 2.75) is 43.4 Å². The average molecular weight is 527 g/mol. The van der Waals surface area contributed by atoms with Crippen molar-refractivity contribution in [2.75, 3.05) is 13.1 Å². The van der Waals surface area contributed by atoms with Crippen LogP contribution in [0.1, 0.15) is 52.1 Å². The second-order valence-electron chi connectivity index (χ2n) is 10.2. The van der Waals surface area contributed by atoms with Crippen LogP contribution in [-0.2, 0) is 22.7 Å². The minimum atomic E-state index is -0.368. The van der Waals surface area contributed by atoms with Gasteiger partial charge in [-0.2, -0.15) is 12.6 Å². The molecule has 3 aromatic rings. The number of piperidine rings is 1. The van der Waals surface area contributed by atoms with Crippen molar-refractivity contribution in [1.29, 1.82) is 0 Å². The van der Waals surface area contributed by atoms with Crippen LogP contribution in [0.2, 0.25) is 0 Å². The standard InChI is InChI=1S/C30H30N4O3S/c35-26-14-13-25(28(36)31-26)34-19-23-12-11-20(17-24(23)29(34)38)18-32-15-16-33(30(32)37)27(21-7-3-1-4-8-21)22-9-5-2-6-10-22/h1-12,17,25,27,29,38H,13-16,18-19H2,(H,31,35,36). The highest BCUT2D eigenvalue weighted by Gasteiger charge is 2.40. The molecular weight excluding hydrogens is 496 g/mol. The molecule has 2 atom stereocenters. The third-order valence-corrected chi connectivity index (χ3v) is 8.38. The normalized spacial score (nSPS) is 21.8. The summed E-state index contributed by atoms with van der Waals surface area (Å²) in [5.41, 5.74) is 5.42. The fourth-order valence-electron chi connectivity index (χ4n) is 5.90. The molecule has 6 rings (SSSR count). The lowest BCUT2D eigenvalue weighted by atomic mass is 9.97. The number of amides is 4. The molecule has 1 N–H and O–H groups in total. The lowest BCUT2D eigenvalue weighted by molar-refractivity contribution is -0.137. The van der Waals surface area contributed by atoms with E-state index < -0.39 is 0 Å². The van der Waals surface area contributed by atoms with Crippen LogP contribution >= 0.6 is 12.6 Å². The fourth-order valence-corrected chi connectivity index (χ4v) is 6.38. The van der Waals surface area contributed by atoms with E-state index in [0.29, 0.717) is 39.0 Å². The van der Waals surface area contributed by atoms with Crippen LogP contribution < -0.4 is 5.32 Å². The topological polar surface area (TPSA) is 73.0 Å². The van der Waals surface area contributed by atoms with Crippen LogP contribution in [0.5, 0.6) is 0 Å². The number of thiol groups is 1. The van der Waals surface area contributed by atoms with E-state index in [4.69, 9.17) is 12.6 Å². The van der Waals surface area contributed by atoms with Crippen LogP contribution in [0.3, 0.4) is 0 Å². The average Bonchev–Trinajstić information content (AvgIpc) is 3.45. The SMILES string of the molecule is O=C1CCC(N2Cc3ccc(CN4CCN(C(c5ccccc5)c5ccccc5)C4=O)cc3C2S)C(=O)N1. The van der Waals surface area contributed by atoms with Crippen LogP contribution in [0.15, 0.2) is 78.9 Å². The summed E-state index contributed by atoms with van der Waals surface area (Å²) in [7, 11) is 0. The molecule has 38 heavy (non-hydrogen) atoms. The summed E-state index contributed by atoms with van der Waals surface area (Å²) in [6, 6.07) is 26.1. The van der Waals surface area contributed by atoms with Gasteiger partial charge in [-0.25, -0.2) is 4.79 Å². The molecule has 0 radical (unpaired) electrons. The zero-order valence-electron chi connectivity index (χ0n) is 21.0. The number of fused-ring (bicyclic) bond motifs is 1. The lowest BCUT2D eigenvalue weighted by Crippen LogP contribution is -2.51. The Labute approximate surface area is 227 Å². The van der Waals surface area contributed by atoms with Crippen LogP contribution in [0, 0.1) is 0 Å². The van der Waals surface area contributed by atoms with Crippen LogP contribution in [-0.4, -0.2) is 51.7 Å². The minimum Gasteiger partial charge on any atom is -0.319 e. The van der Waals surface area contributed by atoms with Crippen molar-refractivity contribution in [3.05, 3.63) is 107 Å². The Balaban J connectivity index is 1.19. The van der Waals surface area contributed by atoms with Crippen LogP contribution in [0.25, 0.3) is 0 Å². The highest BCUT2D eigenvalue weighted by atomic mass is 32.1. The first kappa shape index (κ1) is 24.7. The van der Waals surface area contributed by atoms with Crippen molar-refractivity contribution in [3.63, 3.8) is 0 Å². The molecule has 0 aromatic heterocycles. The molecule has 0 saturated carbocycles. The maximum absolute atomic E-state index is 13.7. The molecule has 7 nitrogen and oxygen atoms in total. The predicted octanol–water partition coefficient (Wildman–Crippen LogP) is 4.26.